The highest BCUT2D eigenvalue weighted by Crippen LogP contribution is 2.30. The van der Waals surface area contributed by atoms with Gasteiger partial charge in [0.05, 0.1) is 5.69 Å². The third kappa shape index (κ3) is 3.93. The molecule has 4 nitrogen and oxygen atoms in total. The van der Waals surface area contributed by atoms with E-state index in [0.29, 0.717) is 0 Å². The minimum absolute atomic E-state index is 0.851. The fraction of sp³-hybridized carbons (Fsp3) is 0.800. The molecule has 1 aliphatic rings. The molecule has 1 aliphatic heterocycles. The van der Waals surface area contributed by atoms with Crippen molar-refractivity contribution in [3.63, 3.8) is 0 Å². The van der Waals surface area contributed by atoms with Crippen LogP contribution in [-0.4, -0.2) is 50.7 Å². The Morgan fingerprint density at radius 3 is 2.60 bits per heavy atom. The lowest BCUT2D eigenvalue weighted by atomic mass is 9.97. The summed E-state index contributed by atoms with van der Waals surface area (Å²) in [6, 6.07) is 0. The second-order valence-electron chi connectivity index (χ2n) is 5.94. The number of nitrogens with zero attached hydrogens (tertiary/aromatic N) is 3. The Kier molecular flexibility index (Phi) is 5.81. The molecule has 1 N–H and O–H groups in total. The van der Waals surface area contributed by atoms with Crippen molar-refractivity contribution < 1.29 is 0 Å². The Morgan fingerprint density at radius 2 is 2.05 bits per heavy atom. The number of aryl methyl sites for hydroxylation is 1. The fourth-order valence-electron chi connectivity index (χ4n) is 2.90. The summed E-state index contributed by atoms with van der Waals surface area (Å²) in [4.78, 5) is 11.0. The van der Waals surface area contributed by atoms with Gasteiger partial charge in [0, 0.05) is 31.1 Å². The molecule has 114 valence electrons. The predicted molar refractivity (Wildman–Crippen MR) is 87.7 cm³/mol. The van der Waals surface area contributed by atoms with Gasteiger partial charge in [0.2, 0.25) is 0 Å². The summed E-state index contributed by atoms with van der Waals surface area (Å²) in [6.07, 6.45) is 3.62. The Labute approximate surface area is 127 Å². The molecule has 0 aliphatic carbocycles. The number of aromatic nitrogens is 1. The van der Waals surface area contributed by atoms with Crippen molar-refractivity contribution in [2.45, 2.75) is 32.7 Å². The maximum Gasteiger partial charge on any atom is 0.185 e. The highest BCUT2D eigenvalue weighted by molar-refractivity contribution is 7.15. The van der Waals surface area contributed by atoms with Gasteiger partial charge in [0.1, 0.15) is 0 Å². The van der Waals surface area contributed by atoms with E-state index in [4.69, 9.17) is 4.98 Å². The number of hydrogen-bond acceptors (Lipinski definition) is 5. The summed E-state index contributed by atoms with van der Waals surface area (Å²) < 4.78 is 0. The van der Waals surface area contributed by atoms with Crippen LogP contribution in [0.1, 0.15) is 30.3 Å². The van der Waals surface area contributed by atoms with E-state index < -0.39 is 0 Å². The molecule has 5 heteroatoms. The molecule has 2 rings (SSSR count). The van der Waals surface area contributed by atoms with Gasteiger partial charge in [-0.3, -0.25) is 0 Å². The van der Waals surface area contributed by atoms with Crippen molar-refractivity contribution in [1.29, 1.82) is 0 Å². The summed E-state index contributed by atoms with van der Waals surface area (Å²) >= 11 is 1.87. The van der Waals surface area contributed by atoms with Gasteiger partial charge in [-0.15, -0.1) is 11.3 Å². The zero-order valence-corrected chi connectivity index (χ0v) is 14.1. The monoisotopic (exact) mass is 296 g/mol. The topological polar surface area (TPSA) is 31.4 Å². The van der Waals surface area contributed by atoms with Crippen LogP contribution >= 0.6 is 11.3 Å². The first-order chi connectivity index (χ1) is 9.63. The van der Waals surface area contributed by atoms with E-state index in [1.165, 1.54) is 35.1 Å². The van der Waals surface area contributed by atoms with E-state index in [1.54, 1.807) is 0 Å². The summed E-state index contributed by atoms with van der Waals surface area (Å²) in [5, 5.41) is 4.48. The summed E-state index contributed by atoms with van der Waals surface area (Å²) in [7, 11) is 6.35. The SMILES string of the molecule is CCc1nc(N2CCC(CN(C)C)CC2)sc1CNC. The molecule has 1 aromatic heterocycles. The van der Waals surface area contributed by atoms with Gasteiger partial charge in [-0.25, -0.2) is 4.98 Å². The van der Waals surface area contributed by atoms with Gasteiger partial charge in [-0.05, 0) is 46.3 Å². The summed E-state index contributed by atoms with van der Waals surface area (Å²) in [6.45, 7) is 6.68. The lowest BCUT2D eigenvalue weighted by Crippen LogP contribution is -2.37. The third-order valence-electron chi connectivity index (χ3n) is 3.95. The second kappa shape index (κ2) is 7.38. The number of nitrogens with one attached hydrogen (secondary N) is 1. The van der Waals surface area contributed by atoms with Crippen molar-refractivity contribution in [1.82, 2.24) is 15.2 Å². The van der Waals surface area contributed by atoms with Gasteiger partial charge in [0.25, 0.3) is 0 Å². The molecule has 0 spiro atoms. The average molecular weight is 296 g/mol. The molecule has 1 fully saturated rings. The molecular formula is C15H28N4S. The maximum absolute atomic E-state index is 4.85. The Morgan fingerprint density at radius 1 is 1.35 bits per heavy atom. The molecule has 0 saturated carbocycles. The zero-order valence-electron chi connectivity index (χ0n) is 13.3. The second-order valence-corrected chi connectivity index (χ2v) is 7.00. The van der Waals surface area contributed by atoms with Crippen molar-refractivity contribution in [2.75, 3.05) is 45.7 Å². The van der Waals surface area contributed by atoms with Crippen LogP contribution in [0.2, 0.25) is 0 Å². The van der Waals surface area contributed by atoms with Crippen LogP contribution in [0.25, 0.3) is 0 Å². The minimum Gasteiger partial charge on any atom is -0.348 e. The van der Waals surface area contributed by atoms with E-state index in [-0.39, 0.29) is 0 Å². The number of piperidine rings is 1. The van der Waals surface area contributed by atoms with Crippen molar-refractivity contribution in [3.05, 3.63) is 10.6 Å². The van der Waals surface area contributed by atoms with Crippen LogP contribution in [0.5, 0.6) is 0 Å². The molecule has 1 aromatic rings. The van der Waals surface area contributed by atoms with Crippen molar-refractivity contribution in [2.24, 2.45) is 5.92 Å². The lowest BCUT2D eigenvalue weighted by Gasteiger charge is -2.33. The molecule has 0 atom stereocenters. The first-order valence-electron chi connectivity index (χ1n) is 7.66. The smallest absolute Gasteiger partial charge is 0.185 e. The summed E-state index contributed by atoms with van der Waals surface area (Å²) in [5.41, 5.74) is 1.27. The van der Waals surface area contributed by atoms with Crippen LogP contribution < -0.4 is 10.2 Å². The van der Waals surface area contributed by atoms with E-state index >= 15 is 0 Å². The molecule has 2 heterocycles. The quantitative estimate of drug-likeness (QED) is 0.872. The first kappa shape index (κ1) is 15.7. The Bertz CT molecular complexity index is 408. The zero-order chi connectivity index (χ0) is 14.5. The number of thiazole rings is 1. The van der Waals surface area contributed by atoms with E-state index in [0.717, 1.165) is 32.0 Å². The van der Waals surface area contributed by atoms with Crippen LogP contribution in [0.15, 0.2) is 0 Å². The average Bonchev–Trinajstić information content (AvgIpc) is 2.82. The van der Waals surface area contributed by atoms with Crippen molar-refractivity contribution in [3.8, 4) is 0 Å². The third-order valence-corrected chi connectivity index (χ3v) is 5.11. The molecular weight excluding hydrogens is 268 g/mol. The highest BCUT2D eigenvalue weighted by Gasteiger charge is 2.22. The van der Waals surface area contributed by atoms with E-state index in [2.05, 4.69) is 36.1 Å². The van der Waals surface area contributed by atoms with E-state index in [1.807, 2.05) is 18.4 Å². The lowest BCUT2D eigenvalue weighted by molar-refractivity contribution is 0.285. The molecule has 0 bridgehead atoms. The number of hydrogen-bond donors (Lipinski definition) is 1. The van der Waals surface area contributed by atoms with Crippen LogP contribution in [0.4, 0.5) is 5.13 Å². The molecule has 0 amide bonds. The van der Waals surface area contributed by atoms with E-state index in [9.17, 15) is 0 Å². The maximum atomic E-state index is 4.85. The van der Waals surface area contributed by atoms with Gasteiger partial charge in [-0.2, -0.15) is 0 Å². The number of anilines is 1. The molecule has 0 radical (unpaired) electrons. The molecule has 0 aromatic carbocycles. The van der Waals surface area contributed by atoms with Gasteiger partial charge >= 0.3 is 0 Å². The number of rotatable bonds is 6. The fourth-order valence-corrected chi connectivity index (χ4v) is 4.12. The molecule has 0 unspecified atom stereocenters. The minimum atomic E-state index is 0.851. The summed E-state index contributed by atoms with van der Waals surface area (Å²) in [5.74, 6) is 0.851. The Hall–Kier alpha value is -0.650. The predicted octanol–water partition coefficient (Wildman–Crippen LogP) is 2.20. The van der Waals surface area contributed by atoms with Crippen LogP contribution in [0, 0.1) is 5.92 Å². The Balaban J connectivity index is 1.96. The molecule has 1 saturated heterocycles. The van der Waals surface area contributed by atoms with Gasteiger partial charge in [0.15, 0.2) is 5.13 Å². The van der Waals surface area contributed by atoms with Crippen LogP contribution in [-0.2, 0) is 13.0 Å². The highest BCUT2D eigenvalue weighted by atomic mass is 32.1. The van der Waals surface area contributed by atoms with Gasteiger partial charge in [-0.1, -0.05) is 6.92 Å². The first-order valence-corrected chi connectivity index (χ1v) is 8.48. The normalized spacial score (nSPS) is 17.1. The van der Waals surface area contributed by atoms with Gasteiger partial charge < -0.3 is 15.1 Å². The van der Waals surface area contributed by atoms with Crippen molar-refractivity contribution >= 4 is 16.5 Å². The van der Waals surface area contributed by atoms with Crippen LogP contribution in [0.3, 0.4) is 0 Å². The standard InChI is InChI=1S/C15H28N4S/c1-5-13-14(10-16-2)20-15(17-13)19-8-6-12(7-9-19)11-18(3)4/h12,16H,5-11H2,1-4H3. The largest absolute Gasteiger partial charge is 0.348 e. The molecule has 20 heavy (non-hydrogen) atoms.